The van der Waals surface area contributed by atoms with E-state index in [1.807, 2.05) is 0 Å². The molecule has 1 aliphatic carbocycles. The van der Waals surface area contributed by atoms with E-state index in [0.29, 0.717) is 0 Å². The molecule has 0 amide bonds. The van der Waals surface area contributed by atoms with Gasteiger partial charge in [-0.1, -0.05) is 59.3 Å². The van der Waals surface area contributed by atoms with Crippen molar-refractivity contribution in [2.75, 3.05) is 0 Å². The van der Waals surface area contributed by atoms with Crippen molar-refractivity contribution in [1.82, 2.24) is 9.97 Å². The third-order valence-corrected chi connectivity index (χ3v) is 4.94. The summed E-state index contributed by atoms with van der Waals surface area (Å²) in [5, 5.41) is 0. The van der Waals surface area contributed by atoms with Crippen LogP contribution in [0, 0.1) is 11.8 Å². The highest BCUT2D eigenvalue weighted by Crippen LogP contribution is 2.28. The maximum atomic E-state index is 4.83. The lowest BCUT2D eigenvalue weighted by molar-refractivity contribution is 0.355. The Bertz CT molecular complexity index is 367. The van der Waals surface area contributed by atoms with Gasteiger partial charge in [0.2, 0.25) is 0 Å². The van der Waals surface area contributed by atoms with Crippen molar-refractivity contribution in [1.29, 1.82) is 0 Å². The topological polar surface area (TPSA) is 28.7 Å². The highest BCUT2D eigenvalue weighted by atomic mass is 14.9. The Morgan fingerprint density at radius 2 is 1.60 bits per heavy atom. The lowest BCUT2D eigenvalue weighted by atomic mass is 9.82. The predicted octanol–water partition coefficient (Wildman–Crippen LogP) is 5.07. The van der Waals surface area contributed by atoms with Gasteiger partial charge < -0.3 is 4.98 Å². The van der Waals surface area contributed by atoms with E-state index in [-0.39, 0.29) is 0 Å². The van der Waals surface area contributed by atoms with E-state index in [1.54, 1.807) is 0 Å². The van der Waals surface area contributed by atoms with Crippen LogP contribution in [0.4, 0.5) is 0 Å². The molecule has 0 radical (unpaired) electrons. The Hall–Kier alpha value is -0.790. The molecule has 0 aliphatic heterocycles. The van der Waals surface area contributed by atoms with Crippen LogP contribution >= 0.6 is 0 Å². The molecule has 0 spiro atoms. The van der Waals surface area contributed by atoms with Gasteiger partial charge >= 0.3 is 0 Å². The fourth-order valence-electron chi connectivity index (χ4n) is 3.24. The lowest BCUT2D eigenvalue weighted by Gasteiger charge is -2.24. The van der Waals surface area contributed by atoms with Crippen LogP contribution in [-0.4, -0.2) is 9.97 Å². The van der Waals surface area contributed by atoms with E-state index < -0.39 is 0 Å². The molecule has 0 saturated heterocycles. The van der Waals surface area contributed by atoms with Gasteiger partial charge in [-0.15, -0.1) is 0 Å². The van der Waals surface area contributed by atoms with Crippen LogP contribution < -0.4 is 0 Å². The molecule has 20 heavy (non-hydrogen) atoms. The van der Waals surface area contributed by atoms with Crippen LogP contribution in [0.5, 0.6) is 0 Å². The zero-order valence-electron chi connectivity index (χ0n) is 13.7. The zero-order valence-corrected chi connectivity index (χ0v) is 13.7. The molecule has 2 atom stereocenters. The summed E-state index contributed by atoms with van der Waals surface area (Å²) in [4.78, 5) is 8.41. The number of aryl methyl sites for hydroxylation is 1. The van der Waals surface area contributed by atoms with E-state index in [0.717, 1.165) is 18.3 Å². The highest BCUT2D eigenvalue weighted by Gasteiger charge is 2.24. The summed E-state index contributed by atoms with van der Waals surface area (Å²) in [5.74, 6) is 2.83. The second-order valence-corrected chi connectivity index (χ2v) is 6.84. The van der Waals surface area contributed by atoms with Gasteiger partial charge in [0.15, 0.2) is 0 Å². The van der Waals surface area contributed by atoms with E-state index in [4.69, 9.17) is 4.98 Å². The van der Waals surface area contributed by atoms with Crippen molar-refractivity contribution in [2.24, 2.45) is 11.8 Å². The van der Waals surface area contributed by atoms with Crippen LogP contribution in [0.1, 0.15) is 82.9 Å². The largest absolute Gasteiger partial charge is 0.346 e. The van der Waals surface area contributed by atoms with Crippen molar-refractivity contribution in [3.8, 4) is 0 Å². The van der Waals surface area contributed by atoms with Crippen molar-refractivity contribution in [3.63, 3.8) is 0 Å². The van der Waals surface area contributed by atoms with Crippen molar-refractivity contribution < 1.29 is 0 Å². The van der Waals surface area contributed by atoms with Gasteiger partial charge in [-0.2, -0.15) is 0 Å². The normalized spacial score (nSPS) is 21.9. The quantitative estimate of drug-likeness (QED) is 0.659. The van der Waals surface area contributed by atoms with Crippen LogP contribution in [-0.2, 0) is 19.3 Å². The summed E-state index contributed by atoms with van der Waals surface area (Å²) in [7, 11) is 0. The summed E-state index contributed by atoms with van der Waals surface area (Å²) in [6.45, 7) is 7.00. The van der Waals surface area contributed by atoms with Crippen LogP contribution in [0.15, 0.2) is 0 Å². The molecule has 1 N–H and O–H groups in total. The molecule has 0 bridgehead atoms. The van der Waals surface area contributed by atoms with Gasteiger partial charge in [-0.05, 0) is 31.1 Å². The fraction of sp³-hybridized carbons (Fsp3) is 0.833. The Kier molecular flexibility index (Phi) is 6.12. The van der Waals surface area contributed by atoms with Gasteiger partial charge in [-0.3, -0.25) is 0 Å². The van der Waals surface area contributed by atoms with Crippen molar-refractivity contribution >= 4 is 0 Å². The van der Waals surface area contributed by atoms with Crippen LogP contribution in [0.25, 0.3) is 0 Å². The number of H-pyrrole nitrogens is 1. The lowest BCUT2D eigenvalue weighted by Crippen LogP contribution is -2.20. The van der Waals surface area contributed by atoms with Crippen LogP contribution in [0.2, 0.25) is 0 Å². The number of aromatic amines is 1. The number of hydrogen-bond donors (Lipinski definition) is 1. The summed E-state index contributed by atoms with van der Waals surface area (Å²) in [6, 6.07) is 0. The molecular weight excluding hydrogens is 244 g/mol. The molecule has 2 heteroatoms. The first-order chi connectivity index (χ1) is 9.70. The standard InChI is InChI=1S/C18H32N2/c1-4-5-6-7-8-9-10-11-18-19-16-12-14(2)15(3)13-17(16)20-18/h14-15H,4-13H2,1-3H3,(H,19,20). The molecule has 2 unspecified atom stereocenters. The first-order valence-corrected chi connectivity index (χ1v) is 8.77. The third-order valence-electron chi connectivity index (χ3n) is 4.94. The highest BCUT2D eigenvalue weighted by molar-refractivity contribution is 5.19. The molecule has 114 valence electrons. The second-order valence-electron chi connectivity index (χ2n) is 6.84. The molecule has 0 aromatic carbocycles. The molecule has 2 rings (SSSR count). The Balaban J connectivity index is 1.68. The summed E-state index contributed by atoms with van der Waals surface area (Å²) < 4.78 is 0. The third kappa shape index (κ3) is 4.36. The number of rotatable bonds is 8. The summed E-state index contributed by atoms with van der Waals surface area (Å²) in [6.07, 6.45) is 13.1. The molecule has 2 nitrogen and oxygen atoms in total. The van der Waals surface area contributed by atoms with E-state index in [2.05, 4.69) is 25.8 Å². The molecule has 1 aliphatic rings. The van der Waals surface area contributed by atoms with E-state index in [9.17, 15) is 0 Å². The van der Waals surface area contributed by atoms with Gasteiger partial charge in [0.1, 0.15) is 5.82 Å². The molecular formula is C18H32N2. The van der Waals surface area contributed by atoms with Gasteiger partial charge in [0, 0.05) is 12.1 Å². The summed E-state index contributed by atoms with van der Waals surface area (Å²) in [5.41, 5.74) is 2.78. The molecule has 1 aromatic heterocycles. The number of nitrogens with zero attached hydrogens (tertiary/aromatic N) is 1. The summed E-state index contributed by atoms with van der Waals surface area (Å²) >= 11 is 0. The average molecular weight is 276 g/mol. The zero-order chi connectivity index (χ0) is 14.4. The van der Waals surface area contributed by atoms with Crippen molar-refractivity contribution in [3.05, 3.63) is 17.2 Å². The number of nitrogens with one attached hydrogen (secondary N) is 1. The SMILES string of the molecule is CCCCCCCCCc1nc2c([nH]1)CC(C)C(C)C2. The molecule has 0 fully saturated rings. The van der Waals surface area contributed by atoms with Gasteiger partial charge in [0.25, 0.3) is 0 Å². The number of aromatic nitrogens is 2. The minimum Gasteiger partial charge on any atom is -0.346 e. The minimum absolute atomic E-state index is 0.789. The number of hydrogen-bond acceptors (Lipinski definition) is 1. The second kappa shape index (κ2) is 7.85. The monoisotopic (exact) mass is 276 g/mol. The molecule has 1 heterocycles. The van der Waals surface area contributed by atoms with E-state index in [1.165, 1.54) is 75.0 Å². The maximum Gasteiger partial charge on any atom is 0.106 e. The number of unbranched alkanes of at least 4 members (excludes halogenated alkanes) is 6. The smallest absolute Gasteiger partial charge is 0.106 e. The van der Waals surface area contributed by atoms with Crippen molar-refractivity contribution in [2.45, 2.75) is 85.0 Å². The van der Waals surface area contributed by atoms with Crippen LogP contribution in [0.3, 0.4) is 0 Å². The maximum absolute atomic E-state index is 4.83. The average Bonchev–Trinajstić information content (AvgIpc) is 2.80. The van der Waals surface area contributed by atoms with Gasteiger partial charge in [-0.25, -0.2) is 4.98 Å². The fourth-order valence-corrected chi connectivity index (χ4v) is 3.24. The Labute approximate surface area is 124 Å². The minimum atomic E-state index is 0.789. The predicted molar refractivity (Wildman–Crippen MR) is 86.0 cm³/mol. The first-order valence-electron chi connectivity index (χ1n) is 8.77. The number of imidazole rings is 1. The molecule has 1 aromatic rings. The Morgan fingerprint density at radius 1 is 0.950 bits per heavy atom. The first kappa shape index (κ1) is 15.6. The molecule has 0 saturated carbocycles. The number of fused-ring (bicyclic) bond motifs is 1. The van der Waals surface area contributed by atoms with E-state index >= 15 is 0 Å². The van der Waals surface area contributed by atoms with Gasteiger partial charge in [0.05, 0.1) is 5.69 Å². The Morgan fingerprint density at radius 3 is 2.35 bits per heavy atom.